The van der Waals surface area contributed by atoms with Gasteiger partial charge in [0.1, 0.15) is 11.4 Å². The number of carbonyl (C=O) groups is 3. The number of hydrogen-bond donors (Lipinski definition) is 0. The van der Waals surface area contributed by atoms with E-state index in [1.807, 2.05) is 52.1 Å². The van der Waals surface area contributed by atoms with Gasteiger partial charge in [0.2, 0.25) is 5.91 Å². The van der Waals surface area contributed by atoms with Crippen LogP contribution < -0.4 is 4.74 Å². The minimum absolute atomic E-state index is 0.0260. The second-order valence-electron chi connectivity index (χ2n) is 13.9. The molecule has 3 aromatic rings. The quantitative estimate of drug-likeness (QED) is 0.243. The van der Waals surface area contributed by atoms with Crippen molar-refractivity contribution in [3.63, 3.8) is 0 Å². The van der Waals surface area contributed by atoms with Gasteiger partial charge in [-0.15, -0.1) is 0 Å². The highest BCUT2D eigenvalue weighted by Gasteiger charge is 2.31. The summed E-state index contributed by atoms with van der Waals surface area (Å²) in [5.74, 6) is 1.03. The van der Waals surface area contributed by atoms with E-state index in [0.29, 0.717) is 31.2 Å². The summed E-state index contributed by atoms with van der Waals surface area (Å²) in [4.78, 5) is 41.2. The monoisotopic (exact) mass is 631 g/mol. The average Bonchev–Trinajstić information content (AvgIpc) is 3.35. The van der Waals surface area contributed by atoms with Gasteiger partial charge in [-0.2, -0.15) is 0 Å². The van der Waals surface area contributed by atoms with Gasteiger partial charge in [-0.05, 0) is 75.8 Å². The maximum absolute atomic E-state index is 13.1. The second kappa shape index (κ2) is 14.2. The highest BCUT2D eigenvalue weighted by Crippen LogP contribution is 2.47. The number of esters is 1. The Hall–Kier alpha value is -4.01. The molecule has 5 rings (SSSR count). The molecule has 1 saturated carbocycles. The van der Waals surface area contributed by atoms with Crippen molar-refractivity contribution >= 4 is 28.9 Å². The van der Waals surface area contributed by atoms with Crippen molar-refractivity contribution in [2.24, 2.45) is 5.92 Å². The number of ether oxygens (including phenoxy) is 3. The van der Waals surface area contributed by atoms with Gasteiger partial charge in [0, 0.05) is 62.5 Å². The molecule has 0 saturated heterocycles. The molecule has 1 aliphatic carbocycles. The van der Waals surface area contributed by atoms with Crippen LogP contribution in [0.5, 0.6) is 5.75 Å². The lowest BCUT2D eigenvalue weighted by Crippen LogP contribution is -2.37. The van der Waals surface area contributed by atoms with Crippen LogP contribution in [-0.2, 0) is 20.8 Å². The number of fused-ring (bicyclic) bond motifs is 5. The molecule has 0 radical (unpaired) electrons. The van der Waals surface area contributed by atoms with Crippen LogP contribution in [0.25, 0.3) is 22.2 Å². The molecule has 0 spiro atoms. The molecule has 0 N–H and O–H groups in total. The zero-order valence-electron chi connectivity index (χ0n) is 28.3. The number of methoxy groups -OCH3 is 1. The van der Waals surface area contributed by atoms with Crippen LogP contribution in [0, 0.1) is 5.92 Å². The fourth-order valence-corrected chi connectivity index (χ4v) is 6.77. The number of para-hydroxylation sites is 1. The normalized spacial score (nSPS) is 16.8. The van der Waals surface area contributed by atoms with Crippen molar-refractivity contribution in [2.45, 2.75) is 83.8 Å². The van der Waals surface area contributed by atoms with E-state index in [0.717, 1.165) is 36.1 Å². The smallest absolute Gasteiger partial charge is 0.410 e. The Bertz CT molecular complexity index is 1570. The minimum Gasteiger partial charge on any atom is -0.493 e. The summed E-state index contributed by atoms with van der Waals surface area (Å²) in [5, 5.41) is 1.19. The standard InChI is InChI=1S/C37H49N3O6/c1-37(2,3)46-36(43)39(5)21-19-32(41)38(4)20-18-25-23-40-30-22-27(35(42)44-6)16-17-28(30)33(26-12-8-7-9-13-26)34(40)29-14-10-11-15-31(29)45-24-25/h10-11,14-17,22,25-26H,7-9,12-13,18-21,23-24H2,1-6H3. The third-order valence-corrected chi connectivity index (χ3v) is 9.26. The number of aromatic nitrogens is 1. The Labute approximate surface area is 272 Å². The zero-order chi connectivity index (χ0) is 33.0. The Morgan fingerprint density at radius 1 is 0.978 bits per heavy atom. The molecule has 1 fully saturated rings. The number of amides is 2. The summed E-state index contributed by atoms with van der Waals surface area (Å²) in [7, 11) is 4.88. The molecule has 2 heterocycles. The highest BCUT2D eigenvalue weighted by molar-refractivity contribution is 5.99. The molecule has 2 amide bonds. The first-order valence-corrected chi connectivity index (χ1v) is 16.6. The van der Waals surface area contributed by atoms with Crippen LogP contribution in [0.2, 0.25) is 0 Å². The zero-order valence-corrected chi connectivity index (χ0v) is 28.3. The molecule has 0 bridgehead atoms. The molecule has 1 aliphatic heterocycles. The van der Waals surface area contributed by atoms with Crippen LogP contribution in [-0.4, -0.2) is 78.8 Å². The molecule has 46 heavy (non-hydrogen) atoms. The summed E-state index contributed by atoms with van der Waals surface area (Å²) in [5.41, 5.74) is 4.60. The average molecular weight is 632 g/mol. The van der Waals surface area contributed by atoms with E-state index < -0.39 is 11.7 Å². The van der Waals surface area contributed by atoms with Crippen molar-refractivity contribution in [3.05, 3.63) is 53.6 Å². The number of nitrogens with zero attached hydrogens (tertiary/aromatic N) is 3. The van der Waals surface area contributed by atoms with Crippen molar-refractivity contribution in [1.29, 1.82) is 0 Å². The lowest BCUT2D eigenvalue weighted by Gasteiger charge is -2.29. The lowest BCUT2D eigenvalue weighted by atomic mass is 9.81. The van der Waals surface area contributed by atoms with Crippen LogP contribution in [0.1, 0.15) is 87.6 Å². The van der Waals surface area contributed by atoms with Gasteiger partial charge in [0.15, 0.2) is 0 Å². The molecule has 9 nitrogen and oxygen atoms in total. The van der Waals surface area contributed by atoms with Crippen LogP contribution in [0.15, 0.2) is 42.5 Å². The Balaban J connectivity index is 1.41. The van der Waals surface area contributed by atoms with Gasteiger partial charge >= 0.3 is 12.1 Å². The molecule has 248 valence electrons. The van der Waals surface area contributed by atoms with Gasteiger partial charge in [-0.1, -0.05) is 37.5 Å². The Morgan fingerprint density at radius 3 is 2.43 bits per heavy atom. The van der Waals surface area contributed by atoms with Gasteiger partial charge in [0.05, 0.1) is 25.0 Å². The van der Waals surface area contributed by atoms with Crippen LogP contribution in [0.4, 0.5) is 4.79 Å². The molecule has 9 heteroatoms. The first kappa shape index (κ1) is 33.4. The predicted octanol–water partition coefficient (Wildman–Crippen LogP) is 7.26. The SMILES string of the molecule is COC(=O)c1ccc2c(C3CCCCC3)c3n(c2c1)CC(CCN(C)C(=O)CCN(C)C(=O)OC(C)(C)C)COc1ccccc1-3. The maximum Gasteiger partial charge on any atom is 0.410 e. The summed E-state index contributed by atoms with van der Waals surface area (Å²) < 4.78 is 19.4. The maximum atomic E-state index is 13.1. The summed E-state index contributed by atoms with van der Waals surface area (Å²) in [6.07, 6.45) is 6.50. The molecular weight excluding hydrogens is 582 g/mol. The van der Waals surface area contributed by atoms with Crippen molar-refractivity contribution < 1.29 is 28.6 Å². The fourth-order valence-electron chi connectivity index (χ4n) is 6.77. The number of hydrogen-bond acceptors (Lipinski definition) is 6. The van der Waals surface area contributed by atoms with Gasteiger partial charge in [0.25, 0.3) is 0 Å². The van der Waals surface area contributed by atoms with Crippen LogP contribution in [0.3, 0.4) is 0 Å². The highest BCUT2D eigenvalue weighted by atomic mass is 16.6. The van der Waals surface area contributed by atoms with E-state index in [2.05, 4.69) is 22.8 Å². The van der Waals surface area contributed by atoms with E-state index in [-0.39, 0.29) is 30.8 Å². The van der Waals surface area contributed by atoms with E-state index >= 15 is 0 Å². The molecule has 1 atom stereocenters. The number of carbonyl (C=O) groups excluding carboxylic acids is 3. The summed E-state index contributed by atoms with van der Waals surface area (Å²) in [6.45, 7) is 7.52. The fraction of sp³-hybridized carbons (Fsp3) is 0.541. The molecule has 1 unspecified atom stereocenters. The first-order chi connectivity index (χ1) is 22.0. The van der Waals surface area contributed by atoms with E-state index in [4.69, 9.17) is 14.2 Å². The number of rotatable bonds is 8. The van der Waals surface area contributed by atoms with Gasteiger partial charge in [-0.25, -0.2) is 9.59 Å². The first-order valence-electron chi connectivity index (χ1n) is 16.6. The Morgan fingerprint density at radius 2 is 1.72 bits per heavy atom. The lowest BCUT2D eigenvalue weighted by molar-refractivity contribution is -0.130. The summed E-state index contributed by atoms with van der Waals surface area (Å²) >= 11 is 0. The third-order valence-electron chi connectivity index (χ3n) is 9.26. The molecular formula is C37H49N3O6. The van der Waals surface area contributed by atoms with E-state index in [9.17, 15) is 14.4 Å². The largest absolute Gasteiger partial charge is 0.493 e. The molecule has 2 aliphatic rings. The van der Waals surface area contributed by atoms with E-state index in [1.54, 1.807) is 11.9 Å². The van der Waals surface area contributed by atoms with Crippen molar-refractivity contribution in [1.82, 2.24) is 14.4 Å². The topological polar surface area (TPSA) is 90.3 Å². The molecule has 2 aromatic carbocycles. The third kappa shape index (κ3) is 7.51. The molecule has 1 aromatic heterocycles. The predicted molar refractivity (Wildman–Crippen MR) is 179 cm³/mol. The summed E-state index contributed by atoms with van der Waals surface area (Å²) in [6, 6.07) is 14.2. The van der Waals surface area contributed by atoms with Gasteiger partial charge in [-0.3, -0.25) is 4.79 Å². The van der Waals surface area contributed by atoms with Gasteiger partial charge < -0.3 is 28.6 Å². The number of benzene rings is 2. The Kier molecular flexibility index (Phi) is 10.3. The van der Waals surface area contributed by atoms with E-state index in [1.165, 1.54) is 47.9 Å². The second-order valence-corrected chi connectivity index (χ2v) is 13.9. The van der Waals surface area contributed by atoms with Crippen molar-refractivity contribution in [2.75, 3.05) is 40.9 Å². The minimum atomic E-state index is -0.588. The van der Waals surface area contributed by atoms with Crippen molar-refractivity contribution in [3.8, 4) is 17.0 Å². The van der Waals surface area contributed by atoms with Crippen LogP contribution >= 0.6 is 0 Å².